The van der Waals surface area contributed by atoms with Gasteiger partial charge in [0.15, 0.2) is 0 Å². The number of aromatic nitrogens is 3. The number of hydrogen-bond donors (Lipinski definition) is 4. The normalized spacial score (nSPS) is 23.7. The van der Waals surface area contributed by atoms with Crippen LogP contribution >= 0.6 is 0 Å². The second kappa shape index (κ2) is 18.2. The monoisotopic (exact) mass is 920 g/mol. The lowest BCUT2D eigenvalue weighted by Crippen LogP contribution is -2.60. The number of nitrogens with one attached hydrogen (secondary N) is 3. The Hall–Kier alpha value is -5.62. The number of fused-ring (bicyclic) bond motifs is 1. The molecule has 66 heavy (non-hydrogen) atoms. The first-order valence-corrected chi connectivity index (χ1v) is 24.7. The van der Waals surface area contributed by atoms with Crippen molar-refractivity contribution in [2.75, 3.05) is 43.1 Å². The topological polar surface area (TPSA) is 205 Å². The van der Waals surface area contributed by atoms with Crippen LogP contribution in [0.5, 0.6) is 11.5 Å². The third-order valence-electron chi connectivity index (χ3n) is 14.6. The number of H-pyrrole nitrogens is 1. The minimum absolute atomic E-state index is 0.0489. The number of sulfonamides is 1. The van der Waals surface area contributed by atoms with Crippen molar-refractivity contribution in [1.29, 1.82) is 0 Å². The summed E-state index contributed by atoms with van der Waals surface area (Å²) in [5.74, 6) is 0.0101. The van der Waals surface area contributed by atoms with Crippen molar-refractivity contribution < 1.29 is 32.7 Å². The summed E-state index contributed by atoms with van der Waals surface area (Å²) in [4.78, 5) is 41.5. The lowest BCUT2D eigenvalue weighted by molar-refractivity contribution is -0.384. The fraction of sp³-hybridized carbons (Fsp3) is 0.490. The number of piperidine rings is 1. The molecule has 4 aliphatic rings. The van der Waals surface area contributed by atoms with Crippen molar-refractivity contribution in [3.8, 4) is 11.5 Å². The number of benzene rings is 2. The maximum Gasteiger partial charge on any atom is 0.312 e. The van der Waals surface area contributed by atoms with E-state index >= 15 is 0 Å². The van der Waals surface area contributed by atoms with Crippen molar-refractivity contribution in [3.05, 3.63) is 106 Å². The quantitative estimate of drug-likeness (QED) is 0.0647. The van der Waals surface area contributed by atoms with Gasteiger partial charge in [-0.25, -0.2) is 23.1 Å². The van der Waals surface area contributed by atoms with Crippen molar-refractivity contribution in [2.24, 2.45) is 11.3 Å². The summed E-state index contributed by atoms with van der Waals surface area (Å²) >= 11 is 0. The molecule has 1 amide bonds. The van der Waals surface area contributed by atoms with Gasteiger partial charge in [-0.2, -0.15) is 0 Å². The van der Waals surface area contributed by atoms with E-state index < -0.39 is 37.0 Å². The molecule has 9 rings (SSSR count). The van der Waals surface area contributed by atoms with Gasteiger partial charge in [0.2, 0.25) is 5.82 Å². The fourth-order valence-electron chi connectivity index (χ4n) is 10.8. The Balaban J connectivity index is 0.903. The first kappa shape index (κ1) is 45.5. The summed E-state index contributed by atoms with van der Waals surface area (Å²) in [5, 5.41) is 26.2. The van der Waals surface area contributed by atoms with Crippen LogP contribution < -0.4 is 19.7 Å². The van der Waals surface area contributed by atoms with E-state index in [2.05, 4.69) is 79.8 Å². The number of nitrogens with zero attached hydrogens (tertiary/aromatic N) is 5. The number of aromatic amines is 1. The van der Waals surface area contributed by atoms with Gasteiger partial charge in [0.05, 0.1) is 47.7 Å². The molecule has 5 aromatic rings. The number of carbonyl (C=O) groups is 1. The molecule has 2 aliphatic heterocycles. The van der Waals surface area contributed by atoms with E-state index in [0.29, 0.717) is 55.4 Å². The summed E-state index contributed by atoms with van der Waals surface area (Å²) in [6.45, 7) is 12.0. The number of morpholine rings is 1. The predicted molar refractivity (Wildman–Crippen MR) is 252 cm³/mol. The molecule has 1 unspecified atom stereocenters. The van der Waals surface area contributed by atoms with Gasteiger partial charge in [0, 0.05) is 61.1 Å². The molecule has 1 spiro atoms. The summed E-state index contributed by atoms with van der Waals surface area (Å²) in [6, 6.07) is 19.5. The minimum Gasteiger partial charge on any atom is -0.455 e. The maximum atomic E-state index is 14.0. The smallest absolute Gasteiger partial charge is 0.312 e. The highest BCUT2D eigenvalue weighted by Crippen LogP contribution is 2.54. The zero-order valence-electron chi connectivity index (χ0n) is 38.0. The highest BCUT2D eigenvalue weighted by Gasteiger charge is 2.51. The molecule has 0 bridgehead atoms. The first-order valence-electron chi connectivity index (χ1n) is 23.2. The fourth-order valence-corrected chi connectivity index (χ4v) is 11.7. The Morgan fingerprint density at radius 1 is 1.03 bits per heavy atom. The van der Waals surface area contributed by atoms with Crippen LogP contribution in [0.4, 0.5) is 17.2 Å². The molecular formula is C49H60N8O8S. The van der Waals surface area contributed by atoms with E-state index in [1.807, 2.05) is 6.07 Å². The molecule has 16 nitrogen and oxygen atoms in total. The van der Waals surface area contributed by atoms with Crippen LogP contribution in [0.2, 0.25) is 0 Å². The highest BCUT2D eigenvalue weighted by molar-refractivity contribution is 7.90. The van der Waals surface area contributed by atoms with Gasteiger partial charge >= 0.3 is 5.69 Å². The molecule has 3 aromatic heterocycles. The number of anilines is 2. The number of carbonyl (C=O) groups excluding carboxylic acids is 1. The van der Waals surface area contributed by atoms with Gasteiger partial charge in [-0.05, 0) is 118 Å². The van der Waals surface area contributed by atoms with Gasteiger partial charge in [-0.1, -0.05) is 38.1 Å². The Morgan fingerprint density at radius 3 is 2.53 bits per heavy atom. The predicted octanol–water partition coefficient (Wildman–Crippen LogP) is 8.46. The van der Waals surface area contributed by atoms with Crippen LogP contribution in [0.1, 0.15) is 113 Å². The lowest BCUT2D eigenvalue weighted by atomic mass is 9.59. The second-order valence-electron chi connectivity index (χ2n) is 19.6. The molecule has 4 N–H and O–H groups in total. The van der Waals surface area contributed by atoms with Gasteiger partial charge in [0.1, 0.15) is 22.0 Å². The van der Waals surface area contributed by atoms with Crippen LogP contribution in [-0.2, 0) is 14.8 Å². The number of aliphatic hydroxyl groups is 1. The summed E-state index contributed by atoms with van der Waals surface area (Å²) < 4.78 is 42.1. The minimum atomic E-state index is -4.64. The van der Waals surface area contributed by atoms with Crippen molar-refractivity contribution >= 4 is 44.2 Å². The molecule has 4 fully saturated rings. The number of hydrogen-bond acceptors (Lipinski definition) is 13. The number of ether oxygens (including phenoxy) is 2. The number of rotatable bonds is 13. The van der Waals surface area contributed by atoms with Crippen LogP contribution in [0.25, 0.3) is 11.0 Å². The van der Waals surface area contributed by atoms with E-state index in [9.17, 15) is 28.4 Å². The molecule has 17 heteroatoms. The van der Waals surface area contributed by atoms with E-state index in [0.717, 1.165) is 81.6 Å². The molecule has 2 atom stereocenters. The molecule has 2 saturated carbocycles. The molecule has 2 aliphatic carbocycles. The Kier molecular flexibility index (Phi) is 12.6. The van der Waals surface area contributed by atoms with Crippen molar-refractivity contribution in [2.45, 2.75) is 114 Å². The molecule has 2 aromatic carbocycles. The van der Waals surface area contributed by atoms with Crippen LogP contribution in [0.3, 0.4) is 0 Å². The average Bonchev–Trinajstić information content (AvgIpc) is 3.76. The standard InChI is InChI=1S/C49H60N8O8S/c1-31(2)39-7-5-6-8-40(39)43-30-64-29-32(3)56(43)36-24-49(25-36)16-19-55(20-17-49)35-9-10-41(44(22-35)65-37-21-34-13-18-50-45(34)52-27-37)47(58)54-66(62,63)38-23-42(57(60)61)46(53-28-38)51-26-33-11-14-48(4,59)15-12-33/h5-10,13,18,21-23,27-28,31-33,36,43,59H,11-12,14-17,19-20,24-26,29-30H2,1-4H3,(H,50,52)(H,51,53)(H,54,58)/t32?,33-,43-,48-/m1/s1. The highest BCUT2D eigenvalue weighted by atomic mass is 32.2. The van der Waals surface area contributed by atoms with Crippen LogP contribution in [0.15, 0.2) is 84.1 Å². The zero-order valence-corrected chi connectivity index (χ0v) is 38.9. The second-order valence-corrected chi connectivity index (χ2v) is 21.3. The van der Waals surface area contributed by atoms with Gasteiger partial charge < -0.3 is 29.8 Å². The average molecular weight is 921 g/mol. The zero-order chi connectivity index (χ0) is 46.4. The SMILES string of the molecule is CC(C)c1ccccc1[C@H]1COCC(C)N1C1CC2(CCN(c3ccc(C(=O)NS(=O)(=O)c4cnc(NC[C@H]5CC[C@](C)(O)CC5)c([N+](=O)[O-])c4)c(Oc4cnc5[nH]ccc5c4)c3)CC2)C1. The maximum absolute atomic E-state index is 14.0. The molecular weight excluding hydrogens is 861 g/mol. The first-order chi connectivity index (χ1) is 31.6. The van der Waals surface area contributed by atoms with E-state index in [1.54, 1.807) is 37.4 Å². The molecule has 350 valence electrons. The third-order valence-corrected chi connectivity index (χ3v) is 15.9. The third kappa shape index (κ3) is 9.48. The Bertz CT molecular complexity index is 2700. The van der Waals surface area contributed by atoms with E-state index in [1.165, 1.54) is 17.3 Å². The lowest BCUT2D eigenvalue weighted by Gasteiger charge is -2.59. The van der Waals surface area contributed by atoms with Gasteiger partial charge in [0.25, 0.3) is 15.9 Å². The number of amides is 1. The van der Waals surface area contributed by atoms with Crippen LogP contribution in [-0.4, -0.2) is 94.7 Å². The van der Waals surface area contributed by atoms with E-state index in [-0.39, 0.29) is 34.5 Å². The summed E-state index contributed by atoms with van der Waals surface area (Å²) in [7, 11) is -4.64. The number of pyridine rings is 2. The van der Waals surface area contributed by atoms with Gasteiger partial charge in [-0.3, -0.25) is 19.8 Å². The Morgan fingerprint density at radius 2 is 1.79 bits per heavy atom. The summed E-state index contributed by atoms with van der Waals surface area (Å²) in [5.41, 5.74) is 3.17. The summed E-state index contributed by atoms with van der Waals surface area (Å²) in [6.07, 6.45) is 11.3. The Labute approximate surface area is 385 Å². The van der Waals surface area contributed by atoms with Gasteiger partial charge in [-0.15, -0.1) is 0 Å². The number of nitro groups is 1. The van der Waals surface area contributed by atoms with Crippen molar-refractivity contribution in [1.82, 2.24) is 24.6 Å². The largest absolute Gasteiger partial charge is 0.455 e. The van der Waals surface area contributed by atoms with E-state index in [4.69, 9.17) is 9.47 Å². The molecule has 2 saturated heterocycles. The molecule has 5 heterocycles. The molecule has 0 radical (unpaired) electrons. The van der Waals surface area contributed by atoms with Crippen LogP contribution in [0, 0.1) is 21.4 Å². The van der Waals surface area contributed by atoms with Crippen molar-refractivity contribution in [3.63, 3.8) is 0 Å².